The minimum absolute atomic E-state index is 0.489. The highest BCUT2D eigenvalue weighted by Crippen LogP contribution is 2.32. The van der Waals surface area contributed by atoms with Crippen molar-refractivity contribution >= 4 is 57.4 Å². The van der Waals surface area contributed by atoms with Crippen molar-refractivity contribution in [2.75, 3.05) is 62.4 Å². The molecule has 0 aliphatic carbocycles. The molecule has 0 atom stereocenters. The van der Waals surface area contributed by atoms with Gasteiger partial charge in [-0.3, -0.25) is 9.97 Å². The Bertz CT molecular complexity index is 2610. The Hall–Kier alpha value is -6.21. The van der Waals surface area contributed by atoms with Crippen molar-refractivity contribution in [1.82, 2.24) is 19.9 Å². The maximum Gasteiger partial charge on any atom is 0.488 e. The van der Waals surface area contributed by atoms with Crippen molar-refractivity contribution in [2.24, 2.45) is 0 Å². The number of ether oxygens (including phenoxy) is 2. The smallest absolute Gasteiger partial charge is 0.423 e. The second kappa shape index (κ2) is 19.7. The third-order valence-electron chi connectivity index (χ3n) is 10.4. The molecule has 60 heavy (non-hydrogen) atoms. The summed E-state index contributed by atoms with van der Waals surface area (Å²) in [6.07, 6.45) is 3.60. The van der Waals surface area contributed by atoms with Crippen LogP contribution in [0.2, 0.25) is 5.15 Å². The van der Waals surface area contributed by atoms with E-state index in [9.17, 15) is 0 Å². The zero-order valence-electron chi connectivity index (χ0n) is 33.0. The van der Waals surface area contributed by atoms with Crippen LogP contribution in [0.3, 0.4) is 0 Å². The van der Waals surface area contributed by atoms with Crippen molar-refractivity contribution in [3.05, 3.63) is 163 Å². The van der Waals surface area contributed by atoms with Crippen LogP contribution in [-0.4, -0.2) is 89.7 Å². The number of anilines is 2. The molecular formula is C48H44BClN6O4. The summed E-state index contributed by atoms with van der Waals surface area (Å²) in [5.74, 6) is 0. The number of pyridine rings is 4. The molecule has 0 bridgehead atoms. The number of fused-ring (bicyclic) bond motifs is 2. The minimum atomic E-state index is -1.34. The summed E-state index contributed by atoms with van der Waals surface area (Å²) in [7, 11) is -1.34. The van der Waals surface area contributed by atoms with Crippen LogP contribution in [-0.2, 0) is 9.47 Å². The quantitative estimate of drug-likeness (QED) is 0.127. The number of morpholine rings is 2. The normalized spacial score (nSPS) is 13.8. The van der Waals surface area contributed by atoms with E-state index in [1.54, 1.807) is 30.5 Å². The van der Waals surface area contributed by atoms with Crippen LogP contribution in [0.4, 0.5) is 11.4 Å². The molecule has 2 N–H and O–H groups in total. The lowest BCUT2D eigenvalue weighted by atomic mass is 9.81. The standard InChI is InChI=1S/C24H21N3O.C18H16ClN3O.C6H7BO2/c1-2-5-19(6-3-1)24-21-7-4-12-25-23(21)17-22(26-24)18-8-10-20(11-9-18)27-13-15-28-16-14-27;19-18-15-2-1-7-20-17(15)12-16(21-18)13-3-5-14(6-4-13)22-8-10-23-11-9-22;8-7(9)6-4-2-1-3-5-6/h1-12,17H,13-16H2;1-7,12H,8-11H2;1-5,8-9H. The van der Waals surface area contributed by atoms with E-state index >= 15 is 0 Å². The molecule has 0 amide bonds. The molecule has 12 heteroatoms. The van der Waals surface area contributed by atoms with E-state index in [0.717, 1.165) is 108 Å². The largest absolute Gasteiger partial charge is 0.488 e. The molecule has 2 aliphatic rings. The minimum Gasteiger partial charge on any atom is -0.423 e. The molecular weight excluding hydrogens is 771 g/mol. The van der Waals surface area contributed by atoms with Crippen LogP contribution >= 0.6 is 11.6 Å². The summed E-state index contributed by atoms with van der Waals surface area (Å²) < 4.78 is 10.8. The van der Waals surface area contributed by atoms with Crippen LogP contribution in [0, 0.1) is 0 Å². The number of hydrogen-bond acceptors (Lipinski definition) is 10. The topological polar surface area (TPSA) is 117 Å². The molecule has 8 aromatic rings. The highest BCUT2D eigenvalue weighted by atomic mass is 35.5. The van der Waals surface area contributed by atoms with Gasteiger partial charge in [-0.05, 0) is 66.1 Å². The predicted octanol–water partition coefficient (Wildman–Crippen LogP) is 7.95. The Morgan fingerprint density at radius 1 is 0.500 bits per heavy atom. The molecule has 0 spiro atoms. The van der Waals surface area contributed by atoms with Gasteiger partial charge in [-0.25, -0.2) is 9.97 Å². The van der Waals surface area contributed by atoms with Gasteiger partial charge in [-0.2, -0.15) is 0 Å². The molecule has 2 aliphatic heterocycles. The van der Waals surface area contributed by atoms with E-state index in [1.807, 2.05) is 54.7 Å². The second-order valence-corrected chi connectivity index (χ2v) is 14.6. The maximum absolute atomic E-state index is 8.58. The van der Waals surface area contributed by atoms with Gasteiger partial charge in [0.25, 0.3) is 0 Å². The average Bonchev–Trinajstić information content (AvgIpc) is 3.33. The summed E-state index contributed by atoms with van der Waals surface area (Å²) in [4.78, 5) is 23.2. The fourth-order valence-corrected chi connectivity index (χ4v) is 7.43. The Morgan fingerprint density at radius 2 is 0.967 bits per heavy atom. The van der Waals surface area contributed by atoms with E-state index in [4.69, 9.17) is 36.1 Å². The van der Waals surface area contributed by atoms with Crippen molar-refractivity contribution in [1.29, 1.82) is 0 Å². The van der Waals surface area contributed by atoms with Gasteiger partial charge in [-0.15, -0.1) is 0 Å². The molecule has 4 aromatic heterocycles. The van der Waals surface area contributed by atoms with Crippen LogP contribution in [0.25, 0.3) is 55.6 Å². The van der Waals surface area contributed by atoms with Crippen LogP contribution < -0.4 is 15.3 Å². The van der Waals surface area contributed by atoms with Crippen molar-refractivity contribution in [3.8, 4) is 33.8 Å². The lowest BCUT2D eigenvalue weighted by molar-refractivity contribution is 0.122. The van der Waals surface area contributed by atoms with Crippen molar-refractivity contribution in [3.63, 3.8) is 0 Å². The summed E-state index contributed by atoms with van der Waals surface area (Å²) in [5.41, 5.74) is 10.8. The second-order valence-electron chi connectivity index (χ2n) is 14.2. The lowest BCUT2D eigenvalue weighted by Gasteiger charge is -2.28. The first-order valence-electron chi connectivity index (χ1n) is 20.0. The predicted molar refractivity (Wildman–Crippen MR) is 243 cm³/mol. The van der Waals surface area contributed by atoms with Crippen LogP contribution in [0.1, 0.15) is 0 Å². The molecule has 2 saturated heterocycles. The van der Waals surface area contributed by atoms with Gasteiger partial charge in [-0.1, -0.05) is 96.5 Å². The highest BCUT2D eigenvalue weighted by Gasteiger charge is 2.15. The van der Waals surface area contributed by atoms with Gasteiger partial charge in [0, 0.05) is 77.4 Å². The first kappa shape index (κ1) is 40.6. The Kier molecular flexibility index (Phi) is 13.3. The Balaban J connectivity index is 0.000000140. The zero-order valence-corrected chi connectivity index (χ0v) is 33.8. The Morgan fingerprint density at radius 3 is 1.47 bits per heavy atom. The van der Waals surface area contributed by atoms with Gasteiger partial charge >= 0.3 is 7.12 Å². The lowest BCUT2D eigenvalue weighted by Crippen LogP contribution is -2.36. The SMILES string of the molecule is Clc1nc(-c2ccc(N3CCOCC3)cc2)cc2ncccc12.OB(O)c1ccccc1.c1ccc(-c2nc(-c3ccc(N4CCOCC4)cc3)cc3ncccc23)cc1. The van der Waals surface area contributed by atoms with E-state index < -0.39 is 7.12 Å². The molecule has 6 heterocycles. The van der Waals surface area contributed by atoms with E-state index in [0.29, 0.717) is 10.6 Å². The molecule has 10 nitrogen and oxygen atoms in total. The van der Waals surface area contributed by atoms with Crippen molar-refractivity contribution < 1.29 is 19.5 Å². The van der Waals surface area contributed by atoms with Crippen LogP contribution in [0.15, 0.2) is 158 Å². The molecule has 4 aromatic carbocycles. The summed E-state index contributed by atoms with van der Waals surface area (Å²) in [5, 5.41) is 19.6. The fourth-order valence-electron chi connectivity index (χ4n) is 7.18. The van der Waals surface area contributed by atoms with Gasteiger partial charge < -0.3 is 29.3 Å². The van der Waals surface area contributed by atoms with Gasteiger partial charge in [0.05, 0.1) is 54.5 Å². The third-order valence-corrected chi connectivity index (χ3v) is 10.7. The third kappa shape index (κ3) is 9.97. The number of halogens is 1. The average molecular weight is 815 g/mol. The number of aromatic nitrogens is 4. The summed E-state index contributed by atoms with van der Waals surface area (Å²) in [6, 6.07) is 47.9. The number of hydrogen-bond donors (Lipinski definition) is 2. The molecule has 0 saturated carbocycles. The number of benzene rings is 4. The molecule has 300 valence electrons. The number of nitrogens with zero attached hydrogens (tertiary/aromatic N) is 6. The van der Waals surface area contributed by atoms with Gasteiger partial charge in [0.2, 0.25) is 0 Å². The van der Waals surface area contributed by atoms with E-state index in [2.05, 4.69) is 97.5 Å². The monoisotopic (exact) mass is 814 g/mol. The Labute approximate surface area is 354 Å². The van der Waals surface area contributed by atoms with E-state index in [-0.39, 0.29) is 0 Å². The highest BCUT2D eigenvalue weighted by molar-refractivity contribution is 6.58. The number of rotatable bonds is 6. The first-order valence-corrected chi connectivity index (χ1v) is 20.4. The summed E-state index contributed by atoms with van der Waals surface area (Å²) in [6.45, 7) is 6.91. The maximum atomic E-state index is 8.58. The molecule has 0 unspecified atom stereocenters. The molecule has 10 rings (SSSR count). The van der Waals surface area contributed by atoms with Gasteiger partial charge in [0.1, 0.15) is 5.15 Å². The fraction of sp³-hybridized carbons (Fsp3) is 0.167. The van der Waals surface area contributed by atoms with Crippen LogP contribution in [0.5, 0.6) is 0 Å². The first-order chi connectivity index (χ1) is 29.5. The molecule has 2 fully saturated rings. The molecule has 0 radical (unpaired) electrons. The van der Waals surface area contributed by atoms with E-state index in [1.165, 1.54) is 11.4 Å². The van der Waals surface area contributed by atoms with Crippen molar-refractivity contribution in [2.45, 2.75) is 0 Å². The van der Waals surface area contributed by atoms with Gasteiger partial charge in [0.15, 0.2) is 0 Å². The summed E-state index contributed by atoms with van der Waals surface area (Å²) >= 11 is 6.29. The zero-order chi connectivity index (χ0) is 41.1.